The Bertz CT molecular complexity index is 1540. The molecule has 3 aromatic rings. The van der Waals surface area contributed by atoms with Crippen molar-refractivity contribution in [3.8, 4) is 0 Å². The van der Waals surface area contributed by atoms with Crippen molar-refractivity contribution < 1.29 is 28.3 Å². The van der Waals surface area contributed by atoms with Crippen LogP contribution in [0.15, 0.2) is 41.3 Å². The van der Waals surface area contributed by atoms with Gasteiger partial charge in [0.2, 0.25) is 5.43 Å². The number of benzene rings is 2. The molecule has 2 aliphatic rings. The van der Waals surface area contributed by atoms with Crippen LogP contribution in [0.25, 0.3) is 10.9 Å². The van der Waals surface area contributed by atoms with Crippen molar-refractivity contribution >= 4 is 39.9 Å². The number of carboxylic acids is 1. The van der Waals surface area contributed by atoms with Gasteiger partial charge in [-0.1, -0.05) is 12.1 Å². The summed E-state index contributed by atoms with van der Waals surface area (Å²) in [5.41, 5.74) is -1.05. The number of hydrogen-bond acceptors (Lipinski definition) is 6. The predicted molar refractivity (Wildman–Crippen MR) is 132 cm³/mol. The third-order valence-electron chi connectivity index (χ3n) is 7.08. The van der Waals surface area contributed by atoms with Gasteiger partial charge in [-0.05, 0) is 32.0 Å². The summed E-state index contributed by atoms with van der Waals surface area (Å²) in [6.45, 7) is 4.67. The van der Waals surface area contributed by atoms with Gasteiger partial charge in [-0.2, -0.15) is 0 Å². The monoisotopic (exact) mass is 510 g/mol. The van der Waals surface area contributed by atoms with Crippen molar-refractivity contribution in [3.05, 3.63) is 69.5 Å². The molecule has 1 unspecified atom stereocenters. The number of para-hydroxylation sites is 1. The Morgan fingerprint density at radius 1 is 1.14 bits per heavy atom. The highest BCUT2D eigenvalue weighted by Crippen LogP contribution is 2.33. The summed E-state index contributed by atoms with van der Waals surface area (Å²) < 4.78 is 32.3. The highest BCUT2D eigenvalue weighted by molar-refractivity contribution is 6.52. The maximum absolute atomic E-state index is 15.8. The number of hydrogen-bond donors (Lipinski definition) is 1. The van der Waals surface area contributed by atoms with Gasteiger partial charge in [-0.3, -0.25) is 24.2 Å². The second-order valence-electron chi connectivity index (χ2n) is 9.21. The maximum atomic E-state index is 15.8. The van der Waals surface area contributed by atoms with Crippen molar-refractivity contribution in [2.75, 3.05) is 36.1 Å². The first kappa shape index (κ1) is 24.6. The Balaban J connectivity index is 1.44. The number of aromatic nitrogens is 1. The fraction of sp³-hybridized carbons (Fsp3) is 0.308. The molecule has 1 N–H and O–H groups in total. The van der Waals surface area contributed by atoms with Crippen LogP contribution >= 0.6 is 0 Å². The van der Waals surface area contributed by atoms with E-state index in [0.29, 0.717) is 17.8 Å². The van der Waals surface area contributed by atoms with Gasteiger partial charge >= 0.3 is 11.9 Å². The molecule has 1 saturated heterocycles. The van der Waals surface area contributed by atoms with Crippen molar-refractivity contribution in [2.45, 2.75) is 26.4 Å². The maximum Gasteiger partial charge on any atom is 0.341 e. The first-order valence-corrected chi connectivity index (χ1v) is 11.9. The summed E-state index contributed by atoms with van der Waals surface area (Å²) in [4.78, 5) is 53.9. The van der Waals surface area contributed by atoms with Crippen LogP contribution in [0, 0.1) is 11.6 Å². The van der Waals surface area contributed by atoms with Crippen LogP contribution in [0.1, 0.15) is 34.6 Å². The number of fused-ring (bicyclic) bond motifs is 2. The summed E-state index contributed by atoms with van der Waals surface area (Å²) in [5, 5.41) is 9.00. The molecule has 0 spiro atoms. The molecule has 192 valence electrons. The third kappa shape index (κ3) is 3.86. The van der Waals surface area contributed by atoms with Crippen LogP contribution in [0.2, 0.25) is 0 Å². The number of ketones is 1. The number of amides is 1. The van der Waals surface area contributed by atoms with E-state index < -0.39 is 40.3 Å². The second kappa shape index (κ2) is 9.07. The fourth-order valence-electron chi connectivity index (χ4n) is 5.15. The van der Waals surface area contributed by atoms with Crippen LogP contribution in [0.3, 0.4) is 0 Å². The van der Waals surface area contributed by atoms with E-state index in [-0.39, 0.29) is 48.9 Å². The zero-order chi connectivity index (χ0) is 26.6. The van der Waals surface area contributed by atoms with Crippen molar-refractivity contribution in [3.63, 3.8) is 0 Å². The molecule has 1 atom stereocenters. The molecule has 0 bridgehead atoms. The molecular formula is C26H24F2N4O5. The molecule has 2 aromatic carbocycles. The summed E-state index contributed by atoms with van der Waals surface area (Å²) in [6.07, 6.45) is 1.07. The van der Waals surface area contributed by atoms with Crippen LogP contribution in [0.4, 0.5) is 20.2 Å². The molecule has 11 heteroatoms. The number of pyridine rings is 1. The van der Waals surface area contributed by atoms with E-state index in [1.165, 1.54) is 9.47 Å². The molecule has 9 nitrogen and oxygen atoms in total. The average molecular weight is 510 g/mol. The summed E-state index contributed by atoms with van der Waals surface area (Å²) >= 11 is 0. The molecule has 2 aliphatic heterocycles. The lowest BCUT2D eigenvalue weighted by molar-refractivity contribution is -0.114. The van der Waals surface area contributed by atoms with E-state index in [2.05, 4.69) is 0 Å². The van der Waals surface area contributed by atoms with Gasteiger partial charge < -0.3 is 14.6 Å². The zero-order valence-corrected chi connectivity index (χ0v) is 20.2. The minimum Gasteiger partial charge on any atom is -0.477 e. The fourth-order valence-corrected chi connectivity index (χ4v) is 5.15. The third-order valence-corrected chi connectivity index (χ3v) is 7.08. The summed E-state index contributed by atoms with van der Waals surface area (Å²) in [6, 6.07) is 7.43. The molecule has 0 saturated carbocycles. The molecule has 1 fully saturated rings. The van der Waals surface area contributed by atoms with Gasteiger partial charge in [0.05, 0.1) is 28.8 Å². The van der Waals surface area contributed by atoms with E-state index >= 15 is 8.78 Å². The number of aryl methyl sites for hydroxylation is 1. The van der Waals surface area contributed by atoms with E-state index in [1.54, 1.807) is 36.1 Å². The number of piperazine rings is 1. The Hall–Kier alpha value is -4.12. The van der Waals surface area contributed by atoms with Crippen LogP contribution in [-0.4, -0.2) is 64.6 Å². The van der Waals surface area contributed by atoms with Crippen molar-refractivity contribution in [1.29, 1.82) is 0 Å². The quantitative estimate of drug-likeness (QED) is 0.527. The van der Waals surface area contributed by atoms with Crippen LogP contribution in [-0.2, 0) is 11.3 Å². The van der Waals surface area contributed by atoms with E-state index in [4.69, 9.17) is 0 Å². The van der Waals surface area contributed by atoms with Gasteiger partial charge in [0.1, 0.15) is 17.1 Å². The Morgan fingerprint density at radius 2 is 1.86 bits per heavy atom. The highest BCUT2D eigenvalue weighted by atomic mass is 19.1. The summed E-state index contributed by atoms with van der Waals surface area (Å²) in [5.74, 6) is -4.52. The molecule has 1 amide bonds. The van der Waals surface area contributed by atoms with E-state index in [9.17, 15) is 24.3 Å². The van der Waals surface area contributed by atoms with Crippen LogP contribution < -0.4 is 15.2 Å². The van der Waals surface area contributed by atoms with E-state index in [0.717, 1.165) is 12.3 Å². The molecule has 5 rings (SSSR count). The standard InChI is InChI=1S/C26H24F2N4O5/c1-3-29-12-17(26(36)37)23(33)16-10-18(27)22(20(28)21(16)29)30-8-9-31(14(2)11-30)13-32-19-7-5-4-6-15(19)24(34)25(32)35/h4-7,10,12,14H,3,8-9,11,13H2,1-2H3,(H,36,37). The van der Waals surface area contributed by atoms with Gasteiger partial charge in [0.25, 0.3) is 5.78 Å². The molecule has 3 heterocycles. The van der Waals surface area contributed by atoms with Gasteiger partial charge in [-0.15, -0.1) is 0 Å². The first-order valence-electron chi connectivity index (χ1n) is 11.9. The molecule has 1 aromatic heterocycles. The number of aromatic carboxylic acids is 1. The van der Waals surface area contributed by atoms with Crippen molar-refractivity contribution in [2.24, 2.45) is 0 Å². The number of carbonyl (C=O) groups excluding carboxylic acids is 2. The number of nitrogens with zero attached hydrogens (tertiary/aromatic N) is 4. The van der Waals surface area contributed by atoms with Crippen LogP contribution in [0.5, 0.6) is 0 Å². The lowest BCUT2D eigenvalue weighted by atomic mass is 10.1. The number of carboxylic acid groups (broad SMARTS) is 1. The summed E-state index contributed by atoms with van der Waals surface area (Å²) in [7, 11) is 0. The SMILES string of the molecule is CCn1cc(C(=O)O)c(=O)c2cc(F)c(N3CCN(CN4C(=O)C(=O)c5ccccc54)C(C)C3)c(F)c21. The van der Waals surface area contributed by atoms with Gasteiger partial charge in [0, 0.05) is 38.4 Å². The minimum absolute atomic E-state index is 0.151. The van der Waals surface area contributed by atoms with E-state index in [1.807, 2.05) is 11.8 Å². The van der Waals surface area contributed by atoms with Gasteiger partial charge in [-0.25, -0.2) is 13.6 Å². The number of anilines is 2. The Kier molecular flexibility index (Phi) is 6.03. The lowest BCUT2D eigenvalue weighted by Crippen LogP contribution is -2.56. The molecule has 37 heavy (non-hydrogen) atoms. The lowest BCUT2D eigenvalue weighted by Gasteiger charge is -2.42. The van der Waals surface area contributed by atoms with Gasteiger partial charge in [0.15, 0.2) is 5.82 Å². The van der Waals surface area contributed by atoms with Crippen molar-refractivity contribution in [1.82, 2.24) is 9.47 Å². The number of Topliss-reactive ketones (excluding diaryl/α,β-unsaturated/α-hetero) is 1. The first-order chi connectivity index (χ1) is 17.6. The molecule has 0 aliphatic carbocycles. The Morgan fingerprint density at radius 3 is 2.54 bits per heavy atom. The second-order valence-corrected chi connectivity index (χ2v) is 9.21. The topological polar surface area (TPSA) is 103 Å². The molecular weight excluding hydrogens is 486 g/mol. The number of halogens is 2. The predicted octanol–water partition coefficient (Wildman–Crippen LogP) is 2.70. The largest absolute Gasteiger partial charge is 0.477 e. The zero-order valence-electron chi connectivity index (χ0n) is 20.2. The minimum atomic E-state index is -1.47. The molecule has 0 radical (unpaired) electrons. The number of rotatable bonds is 5. The normalized spacial score (nSPS) is 18.1. The average Bonchev–Trinajstić information content (AvgIpc) is 3.10. The smallest absolute Gasteiger partial charge is 0.341 e. The Labute approximate surface area is 210 Å². The highest BCUT2D eigenvalue weighted by Gasteiger charge is 2.38. The number of carbonyl (C=O) groups is 3.